The fraction of sp³-hybridized carbons (Fsp3) is 0.273. The number of aromatic nitrogens is 1. The zero-order valence-corrected chi connectivity index (χ0v) is 15.2. The Morgan fingerprint density at radius 1 is 1.22 bits per heavy atom. The Morgan fingerprint density at radius 2 is 2.00 bits per heavy atom. The van der Waals surface area contributed by atoms with Crippen molar-refractivity contribution in [3.63, 3.8) is 0 Å². The van der Waals surface area contributed by atoms with Crippen LogP contribution < -0.4 is 5.32 Å². The van der Waals surface area contributed by atoms with Gasteiger partial charge in [-0.3, -0.25) is 4.79 Å². The van der Waals surface area contributed by atoms with Crippen LogP contribution in [0.5, 0.6) is 0 Å². The van der Waals surface area contributed by atoms with Gasteiger partial charge in [0.1, 0.15) is 12.2 Å². The second-order valence-electron chi connectivity index (χ2n) is 6.85. The summed E-state index contributed by atoms with van der Waals surface area (Å²) in [5.74, 6) is -0.326. The third-order valence-corrected chi connectivity index (χ3v) is 4.90. The van der Waals surface area contributed by atoms with Gasteiger partial charge in [-0.2, -0.15) is 0 Å². The zero-order chi connectivity index (χ0) is 18.8. The number of para-hydroxylation sites is 1. The van der Waals surface area contributed by atoms with E-state index < -0.39 is 12.2 Å². The molecule has 0 saturated carbocycles. The summed E-state index contributed by atoms with van der Waals surface area (Å²) in [5.41, 5.74) is 4.16. The maximum Gasteiger partial charge on any atom is 0.195 e. The van der Waals surface area contributed by atoms with Gasteiger partial charge in [0.2, 0.25) is 0 Å². The molecule has 4 rings (SSSR count). The van der Waals surface area contributed by atoms with Crippen molar-refractivity contribution in [2.24, 2.45) is 0 Å². The second-order valence-corrected chi connectivity index (χ2v) is 6.85. The number of benzene rings is 2. The molecule has 27 heavy (non-hydrogen) atoms. The van der Waals surface area contributed by atoms with E-state index in [1.165, 1.54) is 0 Å². The molecule has 2 N–H and O–H groups in total. The van der Waals surface area contributed by atoms with E-state index in [1.807, 2.05) is 61.5 Å². The highest BCUT2D eigenvalue weighted by molar-refractivity contribution is 5.94. The number of aryl methyl sites for hydroxylation is 1. The topological polar surface area (TPSA) is 71.5 Å². The number of aliphatic hydroxyl groups is 1. The van der Waals surface area contributed by atoms with E-state index in [2.05, 4.69) is 5.32 Å². The number of carbonyl (C=O) groups is 1. The third-order valence-electron chi connectivity index (χ3n) is 4.90. The highest BCUT2D eigenvalue weighted by Gasteiger charge is 2.30. The molecule has 0 radical (unpaired) electrons. The zero-order valence-electron chi connectivity index (χ0n) is 15.2. The number of pyridine rings is 1. The Labute approximate surface area is 158 Å². The van der Waals surface area contributed by atoms with Gasteiger partial charge in [-0.15, -0.1) is 0 Å². The van der Waals surface area contributed by atoms with E-state index in [0.29, 0.717) is 18.7 Å². The van der Waals surface area contributed by atoms with Crippen molar-refractivity contribution >= 4 is 16.7 Å². The van der Waals surface area contributed by atoms with Gasteiger partial charge >= 0.3 is 0 Å². The maximum absolute atomic E-state index is 12.8. The monoisotopic (exact) mass is 362 g/mol. The van der Waals surface area contributed by atoms with Gasteiger partial charge in [-0.1, -0.05) is 48.0 Å². The molecule has 2 atom stereocenters. The van der Waals surface area contributed by atoms with Crippen molar-refractivity contribution in [3.05, 3.63) is 65.7 Å². The first-order valence-corrected chi connectivity index (χ1v) is 9.14. The van der Waals surface area contributed by atoms with Crippen LogP contribution in [0.25, 0.3) is 22.2 Å². The van der Waals surface area contributed by atoms with Crippen molar-refractivity contribution in [1.29, 1.82) is 0 Å². The number of Topliss-reactive ketones (excluding diaryl/α,β-unsaturated/α-hetero) is 1. The second kappa shape index (κ2) is 7.56. The van der Waals surface area contributed by atoms with Gasteiger partial charge in [0, 0.05) is 24.0 Å². The van der Waals surface area contributed by atoms with E-state index in [4.69, 9.17) is 9.72 Å². The van der Waals surface area contributed by atoms with Crippen LogP contribution in [0.4, 0.5) is 0 Å². The fourth-order valence-electron chi connectivity index (χ4n) is 3.38. The minimum Gasteiger partial charge on any atom is -0.380 e. The lowest BCUT2D eigenvalue weighted by atomic mass is 9.95. The van der Waals surface area contributed by atoms with Crippen LogP contribution in [0, 0.1) is 6.92 Å². The number of nitrogens with one attached hydrogen (secondary N) is 1. The Kier molecular flexibility index (Phi) is 4.99. The van der Waals surface area contributed by atoms with Crippen molar-refractivity contribution in [2.45, 2.75) is 19.1 Å². The van der Waals surface area contributed by atoms with E-state index in [9.17, 15) is 9.90 Å². The molecular weight excluding hydrogens is 340 g/mol. The summed E-state index contributed by atoms with van der Waals surface area (Å²) in [6.45, 7) is 3.64. The number of ketones is 1. The van der Waals surface area contributed by atoms with Crippen molar-refractivity contribution in [3.8, 4) is 11.3 Å². The number of carbonyl (C=O) groups excluding carboxylic acids is 1. The lowest BCUT2D eigenvalue weighted by Gasteiger charge is -2.25. The molecule has 0 spiro atoms. The van der Waals surface area contributed by atoms with Crippen LogP contribution in [0.1, 0.15) is 17.2 Å². The molecule has 1 saturated heterocycles. The van der Waals surface area contributed by atoms with Crippen LogP contribution in [-0.4, -0.2) is 41.7 Å². The van der Waals surface area contributed by atoms with Crippen molar-refractivity contribution < 1.29 is 14.6 Å². The average Bonchev–Trinajstić information content (AvgIpc) is 2.73. The average molecular weight is 362 g/mol. The van der Waals surface area contributed by atoms with Crippen LogP contribution in [0.2, 0.25) is 0 Å². The summed E-state index contributed by atoms with van der Waals surface area (Å²) in [4.78, 5) is 17.5. The van der Waals surface area contributed by atoms with Gasteiger partial charge < -0.3 is 15.2 Å². The molecule has 5 nitrogen and oxygen atoms in total. The normalized spacial score (nSPS) is 18.4. The molecule has 138 valence electrons. The van der Waals surface area contributed by atoms with E-state index in [0.717, 1.165) is 34.3 Å². The first-order chi connectivity index (χ1) is 13.1. The Hall–Kier alpha value is -2.60. The quantitative estimate of drug-likeness (QED) is 0.747. The van der Waals surface area contributed by atoms with Gasteiger partial charge in [0.15, 0.2) is 5.78 Å². The van der Waals surface area contributed by atoms with E-state index in [-0.39, 0.29) is 5.78 Å². The van der Waals surface area contributed by atoms with Crippen molar-refractivity contribution in [1.82, 2.24) is 10.3 Å². The van der Waals surface area contributed by atoms with E-state index >= 15 is 0 Å². The SMILES string of the molecule is Cc1ccc(-c2cc(C(O)C(=O)C3CNCCO3)c3ccccc3n2)cc1. The first kappa shape index (κ1) is 17.8. The van der Waals surface area contributed by atoms with Gasteiger partial charge in [0.05, 0.1) is 17.8 Å². The molecule has 1 fully saturated rings. The molecule has 2 unspecified atom stereocenters. The number of morpholine rings is 1. The highest BCUT2D eigenvalue weighted by Crippen LogP contribution is 2.30. The number of rotatable bonds is 4. The molecule has 2 heterocycles. The molecule has 1 aliphatic heterocycles. The molecular formula is C22H22N2O3. The molecule has 1 aliphatic rings. The molecule has 3 aromatic rings. The Balaban J connectivity index is 1.78. The summed E-state index contributed by atoms with van der Waals surface area (Å²) in [5, 5.41) is 14.8. The molecule has 2 aromatic carbocycles. The number of ether oxygens (including phenoxy) is 1. The maximum atomic E-state index is 12.8. The minimum absolute atomic E-state index is 0.326. The minimum atomic E-state index is -1.26. The van der Waals surface area contributed by atoms with Gasteiger partial charge in [-0.25, -0.2) is 4.98 Å². The van der Waals surface area contributed by atoms with Gasteiger partial charge in [-0.05, 0) is 24.6 Å². The summed E-state index contributed by atoms with van der Waals surface area (Å²) in [7, 11) is 0. The molecule has 0 bridgehead atoms. The largest absolute Gasteiger partial charge is 0.380 e. The predicted molar refractivity (Wildman–Crippen MR) is 104 cm³/mol. The number of aliphatic hydroxyl groups excluding tert-OH is 1. The smallest absolute Gasteiger partial charge is 0.195 e. The van der Waals surface area contributed by atoms with Crippen LogP contribution in [-0.2, 0) is 9.53 Å². The Bertz CT molecular complexity index is 963. The highest BCUT2D eigenvalue weighted by atomic mass is 16.5. The Morgan fingerprint density at radius 3 is 2.74 bits per heavy atom. The molecule has 0 aliphatic carbocycles. The summed E-state index contributed by atoms with van der Waals surface area (Å²) < 4.78 is 5.53. The summed E-state index contributed by atoms with van der Waals surface area (Å²) >= 11 is 0. The van der Waals surface area contributed by atoms with Crippen LogP contribution in [0.15, 0.2) is 54.6 Å². The number of fused-ring (bicyclic) bond motifs is 1. The number of nitrogens with zero attached hydrogens (tertiary/aromatic N) is 1. The predicted octanol–water partition coefficient (Wildman–Crippen LogP) is 2.80. The first-order valence-electron chi connectivity index (χ1n) is 9.14. The van der Waals surface area contributed by atoms with E-state index in [1.54, 1.807) is 0 Å². The summed E-state index contributed by atoms with van der Waals surface area (Å²) in [6, 6.07) is 17.4. The summed E-state index contributed by atoms with van der Waals surface area (Å²) in [6.07, 6.45) is -1.89. The lowest BCUT2D eigenvalue weighted by molar-refractivity contribution is -0.140. The lowest BCUT2D eigenvalue weighted by Crippen LogP contribution is -2.44. The third kappa shape index (κ3) is 3.62. The van der Waals surface area contributed by atoms with Crippen LogP contribution >= 0.6 is 0 Å². The molecule has 5 heteroatoms. The molecule has 1 aromatic heterocycles. The van der Waals surface area contributed by atoms with Crippen LogP contribution in [0.3, 0.4) is 0 Å². The number of hydrogen-bond acceptors (Lipinski definition) is 5. The molecule has 0 amide bonds. The standard InChI is InChI=1S/C22H22N2O3/c1-14-6-8-15(9-7-14)19-12-17(16-4-2-3-5-18(16)24-19)21(25)22(26)20-13-23-10-11-27-20/h2-9,12,20-21,23,25H,10-11,13H2,1H3. The fourth-order valence-corrected chi connectivity index (χ4v) is 3.38. The van der Waals surface area contributed by atoms with Gasteiger partial charge in [0.25, 0.3) is 0 Å². The number of hydrogen-bond donors (Lipinski definition) is 2. The van der Waals surface area contributed by atoms with Crippen molar-refractivity contribution in [2.75, 3.05) is 19.7 Å².